The van der Waals surface area contributed by atoms with Gasteiger partial charge >= 0.3 is 0 Å². The highest BCUT2D eigenvalue weighted by Crippen LogP contribution is 2.40. The Morgan fingerprint density at radius 3 is 2.47 bits per heavy atom. The molecule has 0 atom stereocenters. The maximum absolute atomic E-state index is 12.0. The van der Waals surface area contributed by atoms with Crippen LogP contribution in [0.4, 0.5) is 0 Å². The molecule has 2 N–H and O–H groups in total. The minimum Gasteiger partial charge on any atom is -0.469 e. The molecule has 1 aromatic heterocycles. The topological polar surface area (TPSA) is 69.9 Å². The van der Waals surface area contributed by atoms with Gasteiger partial charge in [0, 0.05) is 39.0 Å². The number of hydrogen-bond donors (Lipinski definition) is 2. The van der Waals surface area contributed by atoms with Gasteiger partial charge in [-0.05, 0) is 30.5 Å². The van der Waals surface area contributed by atoms with Gasteiger partial charge in [-0.3, -0.25) is 4.79 Å². The molecular formula is C23H33IN4O2. The predicted molar refractivity (Wildman–Crippen MR) is 131 cm³/mol. The maximum Gasteiger partial charge on any atom is 0.243 e. The van der Waals surface area contributed by atoms with Gasteiger partial charge in [0.1, 0.15) is 12.3 Å². The number of aliphatic imine (C=N–C) groups is 1. The van der Waals surface area contributed by atoms with Crippen LogP contribution in [-0.2, 0) is 16.6 Å². The van der Waals surface area contributed by atoms with Gasteiger partial charge in [-0.2, -0.15) is 0 Å². The summed E-state index contributed by atoms with van der Waals surface area (Å²) in [6.07, 6.45) is 7.27. The quantitative estimate of drug-likeness (QED) is 0.315. The minimum atomic E-state index is -0.0178. The van der Waals surface area contributed by atoms with Crippen molar-refractivity contribution in [1.82, 2.24) is 15.5 Å². The monoisotopic (exact) mass is 524 g/mol. The number of hydrogen-bond acceptors (Lipinski definition) is 3. The third-order valence-corrected chi connectivity index (χ3v) is 5.66. The van der Waals surface area contributed by atoms with Gasteiger partial charge in [-0.25, -0.2) is 4.99 Å². The highest BCUT2D eigenvalue weighted by Gasteiger charge is 2.35. The summed E-state index contributed by atoms with van der Waals surface area (Å²) in [5.74, 6) is 1.59. The van der Waals surface area contributed by atoms with Crippen LogP contribution in [-0.4, -0.2) is 50.5 Å². The molecule has 2 aromatic rings. The number of nitrogens with zero attached hydrogens (tertiary/aromatic N) is 2. The highest BCUT2D eigenvalue weighted by molar-refractivity contribution is 14.0. The van der Waals surface area contributed by atoms with Crippen LogP contribution in [0.25, 0.3) is 0 Å². The molecule has 1 aliphatic rings. The van der Waals surface area contributed by atoms with E-state index in [-0.39, 0.29) is 41.8 Å². The van der Waals surface area contributed by atoms with E-state index in [0.29, 0.717) is 12.5 Å². The number of halogens is 1. The minimum absolute atomic E-state index is 0. The van der Waals surface area contributed by atoms with Crippen LogP contribution in [0, 0.1) is 0 Å². The molecule has 0 bridgehead atoms. The standard InChI is InChI=1S/C23H32N4O2.HI/c1-27(2)21(28)17-25-22(24-15-12-20-11-8-16-29-20)26-18-23(13-6-7-14-23)19-9-4-3-5-10-19;/h3-5,8-11,16H,6-7,12-15,17-18H2,1-2H3,(H2,24,25,26);1H. The molecule has 1 heterocycles. The zero-order valence-corrected chi connectivity index (χ0v) is 20.2. The summed E-state index contributed by atoms with van der Waals surface area (Å²) in [6.45, 7) is 1.62. The Morgan fingerprint density at radius 1 is 1.10 bits per heavy atom. The number of amides is 1. The second-order valence-corrected chi connectivity index (χ2v) is 7.92. The molecule has 0 saturated heterocycles. The van der Waals surface area contributed by atoms with Gasteiger partial charge in [0.15, 0.2) is 5.96 Å². The molecule has 1 fully saturated rings. The SMILES string of the molecule is CN(C)C(=O)CN=C(NCCc1ccco1)NCC1(c2ccccc2)CCCC1.I. The fourth-order valence-corrected chi connectivity index (χ4v) is 3.89. The molecule has 3 rings (SSSR count). The lowest BCUT2D eigenvalue weighted by molar-refractivity contribution is -0.127. The molecule has 6 nitrogen and oxygen atoms in total. The van der Waals surface area contributed by atoms with E-state index in [1.165, 1.54) is 31.2 Å². The Kier molecular flexibility index (Phi) is 9.68. The van der Waals surface area contributed by atoms with Gasteiger partial charge in [-0.1, -0.05) is 43.2 Å². The van der Waals surface area contributed by atoms with Crippen molar-refractivity contribution in [3.63, 3.8) is 0 Å². The number of carbonyl (C=O) groups excluding carboxylic acids is 1. The van der Waals surface area contributed by atoms with E-state index >= 15 is 0 Å². The van der Waals surface area contributed by atoms with E-state index in [4.69, 9.17) is 4.42 Å². The number of benzene rings is 1. The van der Waals surface area contributed by atoms with Gasteiger partial charge < -0.3 is 20.0 Å². The number of furan rings is 1. The molecule has 1 saturated carbocycles. The summed E-state index contributed by atoms with van der Waals surface area (Å²) in [6, 6.07) is 14.6. The first-order valence-electron chi connectivity index (χ1n) is 10.4. The Bertz CT molecular complexity index is 785. The van der Waals surface area contributed by atoms with Crippen molar-refractivity contribution in [2.75, 3.05) is 33.7 Å². The van der Waals surface area contributed by atoms with E-state index in [9.17, 15) is 4.79 Å². The molecule has 0 aliphatic heterocycles. The van der Waals surface area contributed by atoms with Crippen LogP contribution < -0.4 is 10.6 Å². The maximum atomic E-state index is 12.0. The van der Waals surface area contributed by atoms with E-state index in [1.54, 1.807) is 25.3 Å². The molecule has 0 spiro atoms. The Hall–Kier alpha value is -2.03. The molecule has 164 valence electrons. The van der Waals surface area contributed by atoms with Crippen LogP contribution >= 0.6 is 24.0 Å². The number of guanidine groups is 1. The van der Waals surface area contributed by atoms with Crippen LogP contribution in [0.3, 0.4) is 0 Å². The number of rotatable bonds is 8. The normalized spacial score (nSPS) is 15.3. The van der Waals surface area contributed by atoms with Gasteiger partial charge in [0.2, 0.25) is 5.91 Å². The number of likely N-dealkylation sites (N-methyl/N-ethyl adjacent to an activating group) is 1. The van der Waals surface area contributed by atoms with Crippen LogP contribution in [0.5, 0.6) is 0 Å². The van der Waals surface area contributed by atoms with E-state index in [1.807, 2.05) is 12.1 Å². The molecule has 1 aromatic carbocycles. The van der Waals surface area contributed by atoms with Crippen LogP contribution in [0.15, 0.2) is 58.1 Å². The molecular weight excluding hydrogens is 491 g/mol. The molecule has 0 radical (unpaired) electrons. The molecule has 1 amide bonds. The number of carbonyl (C=O) groups is 1. The first-order chi connectivity index (χ1) is 14.1. The van der Waals surface area contributed by atoms with Gasteiger partial charge in [0.25, 0.3) is 0 Å². The van der Waals surface area contributed by atoms with Crippen LogP contribution in [0.2, 0.25) is 0 Å². The Balaban J connectivity index is 0.00000320. The summed E-state index contributed by atoms with van der Waals surface area (Å²) in [4.78, 5) is 18.1. The lowest BCUT2D eigenvalue weighted by Crippen LogP contribution is -2.45. The first kappa shape index (κ1) is 24.2. The fraction of sp³-hybridized carbons (Fsp3) is 0.478. The first-order valence-corrected chi connectivity index (χ1v) is 10.4. The average molecular weight is 524 g/mol. The molecule has 1 aliphatic carbocycles. The largest absolute Gasteiger partial charge is 0.469 e. The molecule has 0 unspecified atom stereocenters. The van der Waals surface area contributed by atoms with Crippen molar-refractivity contribution in [2.45, 2.75) is 37.5 Å². The fourth-order valence-electron chi connectivity index (χ4n) is 3.89. The van der Waals surface area contributed by atoms with Crippen molar-refractivity contribution in [2.24, 2.45) is 4.99 Å². The summed E-state index contributed by atoms with van der Waals surface area (Å²) in [5, 5.41) is 6.87. The predicted octanol–water partition coefficient (Wildman–Crippen LogP) is 3.58. The third kappa shape index (κ3) is 6.75. The summed E-state index contributed by atoms with van der Waals surface area (Å²) >= 11 is 0. The van der Waals surface area contributed by atoms with E-state index < -0.39 is 0 Å². The summed E-state index contributed by atoms with van der Waals surface area (Å²) in [7, 11) is 3.50. The molecule has 30 heavy (non-hydrogen) atoms. The zero-order chi connectivity index (χ0) is 20.5. The molecule has 7 heteroatoms. The second kappa shape index (κ2) is 12.0. The summed E-state index contributed by atoms with van der Waals surface area (Å²) < 4.78 is 5.40. The smallest absolute Gasteiger partial charge is 0.243 e. The third-order valence-electron chi connectivity index (χ3n) is 5.66. The lowest BCUT2D eigenvalue weighted by Gasteiger charge is -2.31. The zero-order valence-electron chi connectivity index (χ0n) is 17.9. The van der Waals surface area contributed by atoms with Crippen molar-refractivity contribution in [1.29, 1.82) is 0 Å². The van der Waals surface area contributed by atoms with Crippen molar-refractivity contribution < 1.29 is 9.21 Å². The van der Waals surface area contributed by atoms with Crippen molar-refractivity contribution in [3.05, 3.63) is 60.1 Å². The van der Waals surface area contributed by atoms with Crippen molar-refractivity contribution >= 4 is 35.8 Å². The highest BCUT2D eigenvalue weighted by atomic mass is 127. The van der Waals surface area contributed by atoms with E-state index in [0.717, 1.165) is 18.7 Å². The average Bonchev–Trinajstić information content (AvgIpc) is 3.42. The van der Waals surface area contributed by atoms with Crippen LogP contribution in [0.1, 0.15) is 37.0 Å². The lowest BCUT2D eigenvalue weighted by atomic mass is 9.79. The Morgan fingerprint density at radius 2 is 1.83 bits per heavy atom. The Labute approximate surface area is 196 Å². The second-order valence-electron chi connectivity index (χ2n) is 7.92. The van der Waals surface area contributed by atoms with Gasteiger partial charge in [0.05, 0.1) is 6.26 Å². The van der Waals surface area contributed by atoms with E-state index in [2.05, 4.69) is 46.0 Å². The summed E-state index contributed by atoms with van der Waals surface area (Å²) in [5.41, 5.74) is 1.50. The number of nitrogens with one attached hydrogen (secondary N) is 2. The van der Waals surface area contributed by atoms with Crippen molar-refractivity contribution in [3.8, 4) is 0 Å². The van der Waals surface area contributed by atoms with Gasteiger partial charge in [-0.15, -0.1) is 24.0 Å².